The predicted octanol–water partition coefficient (Wildman–Crippen LogP) is 5.06. The molecule has 2 aromatic heterocycles. The molecule has 2 nitrogen and oxygen atoms in total. The van der Waals surface area contributed by atoms with E-state index in [1.807, 2.05) is 18.2 Å². The second-order valence-electron chi connectivity index (χ2n) is 4.88. The van der Waals surface area contributed by atoms with Crippen LogP contribution in [0.5, 0.6) is 0 Å². The number of nitrogens with zero attached hydrogens (tertiary/aromatic N) is 2. The van der Waals surface area contributed by atoms with Crippen LogP contribution in [-0.4, -0.2) is 11.5 Å². The lowest BCUT2D eigenvalue weighted by atomic mass is 10.1. The van der Waals surface area contributed by atoms with Gasteiger partial charge in [-0.3, -0.25) is 0 Å². The van der Waals surface area contributed by atoms with Gasteiger partial charge in [0.1, 0.15) is 5.82 Å². The topological polar surface area (TPSA) is 16.1 Å². The molecule has 0 saturated heterocycles. The van der Waals surface area contributed by atoms with Crippen LogP contribution in [0.2, 0.25) is 0 Å². The first-order valence-corrected chi connectivity index (χ1v) is 8.45. The highest BCUT2D eigenvalue weighted by atomic mass is 35.5. The highest BCUT2D eigenvalue weighted by Crippen LogP contribution is 2.25. The van der Waals surface area contributed by atoms with Gasteiger partial charge >= 0.3 is 0 Å². The van der Waals surface area contributed by atoms with Crippen LogP contribution < -0.4 is 4.90 Å². The summed E-state index contributed by atoms with van der Waals surface area (Å²) in [5, 5.41) is 3.25. The first-order chi connectivity index (χ1) is 10.3. The van der Waals surface area contributed by atoms with E-state index in [0.29, 0.717) is 5.88 Å². The van der Waals surface area contributed by atoms with E-state index in [4.69, 9.17) is 16.6 Å². The fourth-order valence-corrected chi connectivity index (χ4v) is 3.39. The van der Waals surface area contributed by atoms with E-state index in [1.54, 1.807) is 11.3 Å². The van der Waals surface area contributed by atoms with Crippen LogP contribution in [0.25, 0.3) is 10.9 Å². The highest BCUT2D eigenvalue weighted by Gasteiger charge is 2.11. The van der Waals surface area contributed by atoms with Gasteiger partial charge in [0.25, 0.3) is 0 Å². The molecule has 4 heteroatoms. The number of rotatable bonds is 5. The van der Waals surface area contributed by atoms with E-state index in [9.17, 15) is 0 Å². The molecular weight excluding hydrogens is 300 g/mol. The zero-order valence-corrected chi connectivity index (χ0v) is 13.5. The van der Waals surface area contributed by atoms with Crippen LogP contribution in [0.4, 0.5) is 5.82 Å². The highest BCUT2D eigenvalue weighted by molar-refractivity contribution is 7.09. The molecule has 0 saturated carbocycles. The van der Waals surface area contributed by atoms with Crippen molar-refractivity contribution >= 4 is 39.7 Å². The summed E-state index contributed by atoms with van der Waals surface area (Å²) in [7, 11) is 0. The third-order valence-corrected chi connectivity index (χ3v) is 4.71. The van der Waals surface area contributed by atoms with Crippen LogP contribution in [0.15, 0.2) is 47.8 Å². The zero-order chi connectivity index (χ0) is 14.7. The minimum atomic E-state index is 0.507. The summed E-state index contributed by atoms with van der Waals surface area (Å²) in [6.45, 7) is 3.97. The molecule has 108 valence electrons. The van der Waals surface area contributed by atoms with E-state index in [0.717, 1.165) is 35.4 Å². The van der Waals surface area contributed by atoms with Crippen molar-refractivity contribution in [2.24, 2.45) is 0 Å². The van der Waals surface area contributed by atoms with Crippen LogP contribution >= 0.6 is 22.9 Å². The molecule has 0 spiro atoms. The number of fused-ring (bicyclic) bond motifs is 1. The lowest BCUT2D eigenvalue weighted by Crippen LogP contribution is -2.22. The normalized spacial score (nSPS) is 11.0. The van der Waals surface area contributed by atoms with Crippen LogP contribution in [0.3, 0.4) is 0 Å². The predicted molar refractivity (Wildman–Crippen MR) is 92.3 cm³/mol. The minimum Gasteiger partial charge on any atom is -0.352 e. The molecule has 0 unspecified atom stereocenters. The number of thiophene rings is 1. The van der Waals surface area contributed by atoms with Crippen molar-refractivity contribution in [3.8, 4) is 0 Å². The van der Waals surface area contributed by atoms with Crippen LogP contribution in [0, 0.1) is 0 Å². The summed E-state index contributed by atoms with van der Waals surface area (Å²) in [6, 6.07) is 14.6. The van der Waals surface area contributed by atoms with Crippen molar-refractivity contribution in [3.63, 3.8) is 0 Å². The molecule has 3 rings (SSSR count). The average molecular weight is 317 g/mol. The molecule has 1 aromatic carbocycles. The van der Waals surface area contributed by atoms with Crippen molar-refractivity contribution in [1.82, 2.24) is 4.98 Å². The van der Waals surface area contributed by atoms with E-state index in [2.05, 4.69) is 41.5 Å². The first kappa shape index (κ1) is 14.4. The average Bonchev–Trinajstić information content (AvgIpc) is 3.04. The number of benzene rings is 1. The van der Waals surface area contributed by atoms with Gasteiger partial charge in [-0.2, -0.15) is 0 Å². The number of pyridine rings is 1. The lowest BCUT2D eigenvalue weighted by Gasteiger charge is -2.22. The Balaban J connectivity index is 2.01. The third-order valence-electron chi connectivity index (χ3n) is 3.56. The number of anilines is 1. The fourth-order valence-electron chi connectivity index (χ4n) is 2.45. The molecule has 0 aliphatic heterocycles. The molecular formula is C17H17ClN2S. The van der Waals surface area contributed by atoms with Crippen molar-refractivity contribution in [2.45, 2.75) is 19.3 Å². The number of halogens is 1. The summed E-state index contributed by atoms with van der Waals surface area (Å²) in [5.41, 5.74) is 2.15. The zero-order valence-electron chi connectivity index (χ0n) is 11.9. The Morgan fingerprint density at radius 1 is 1.19 bits per heavy atom. The summed E-state index contributed by atoms with van der Waals surface area (Å²) in [5.74, 6) is 1.51. The van der Waals surface area contributed by atoms with Gasteiger partial charge in [0.05, 0.1) is 12.1 Å². The quantitative estimate of drug-likeness (QED) is 0.611. The number of hydrogen-bond acceptors (Lipinski definition) is 3. The van der Waals surface area contributed by atoms with Crippen molar-refractivity contribution in [3.05, 3.63) is 58.3 Å². The van der Waals surface area contributed by atoms with Gasteiger partial charge in [0.2, 0.25) is 0 Å². The summed E-state index contributed by atoms with van der Waals surface area (Å²) in [6.07, 6.45) is 0. The Labute approximate surface area is 134 Å². The monoisotopic (exact) mass is 316 g/mol. The number of alkyl halides is 1. The second kappa shape index (κ2) is 6.46. The summed E-state index contributed by atoms with van der Waals surface area (Å²) in [4.78, 5) is 8.44. The molecule has 0 N–H and O–H groups in total. The lowest BCUT2D eigenvalue weighted by molar-refractivity contribution is 0.826. The Morgan fingerprint density at radius 2 is 2.05 bits per heavy atom. The molecule has 0 amide bonds. The molecule has 0 aliphatic carbocycles. The van der Waals surface area contributed by atoms with E-state index in [1.165, 1.54) is 4.88 Å². The van der Waals surface area contributed by atoms with Crippen LogP contribution in [0.1, 0.15) is 17.4 Å². The van der Waals surface area contributed by atoms with Gasteiger partial charge in [-0.25, -0.2) is 4.98 Å². The number of aromatic nitrogens is 1. The van der Waals surface area contributed by atoms with Gasteiger partial charge < -0.3 is 4.90 Å². The molecule has 2 heterocycles. The first-order valence-electron chi connectivity index (χ1n) is 7.03. The molecule has 21 heavy (non-hydrogen) atoms. The van der Waals surface area contributed by atoms with Gasteiger partial charge in [0, 0.05) is 22.7 Å². The number of para-hydroxylation sites is 1. The van der Waals surface area contributed by atoms with Gasteiger partial charge in [-0.1, -0.05) is 24.3 Å². The Kier molecular flexibility index (Phi) is 4.42. The van der Waals surface area contributed by atoms with Crippen molar-refractivity contribution < 1.29 is 0 Å². The van der Waals surface area contributed by atoms with Gasteiger partial charge in [-0.05, 0) is 36.1 Å². The van der Waals surface area contributed by atoms with E-state index >= 15 is 0 Å². The molecule has 3 aromatic rings. The van der Waals surface area contributed by atoms with E-state index < -0.39 is 0 Å². The molecule has 0 aliphatic rings. The molecule has 0 fully saturated rings. The smallest absolute Gasteiger partial charge is 0.129 e. The maximum atomic E-state index is 6.12. The SMILES string of the molecule is CCN(Cc1cccs1)c1cc(CCl)c2ccccc2n1. The maximum Gasteiger partial charge on any atom is 0.129 e. The maximum absolute atomic E-state index is 6.12. The Morgan fingerprint density at radius 3 is 2.76 bits per heavy atom. The minimum absolute atomic E-state index is 0.507. The van der Waals surface area contributed by atoms with Crippen molar-refractivity contribution in [1.29, 1.82) is 0 Å². The third kappa shape index (κ3) is 3.04. The van der Waals surface area contributed by atoms with Gasteiger partial charge in [0.15, 0.2) is 0 Å². The second-order valence-corrected chi connectivity index (χ2v) is 6.18. The summed E-state index contributed by atoms with van der Waals surface area (Å²) < 4.78 is 0. The van der Waals surface area contributed by atoms with Gasteiger partial charge in [-0.15, -0.1) is 22.9 Å². The molecule has 0 bridgehead atoms. The number of hydrogen-bond donors (Lipinski definition) is 0. The summed E-state index contributed by atoms with van der Waals surface area (Å²) >= 11 is 7.90. The largest absolute Gasteiger partial charge is 0.352 e. The molecule has 0 radical (unpaired) electrons. The Hall–Kier alpha value is -1.58. The van der Waals surface area contributed by atoms with Crippen LogP contribution in [-0.2, 0) is 12.4 Å². The fraction of sp³-hybridized carbons (Fsp3) is 0.235. The molecule has 0 atom stereocenters. The Bertz CT molecular complexity index is 725. The van der Waals surface area contributed by atoms with E-state index in [-0.39, 0.29) is 0 Å². The standard InChI is InChI=1S/C17H17ClN2S/c1-2-20(12-14-6-5-9-21-14)17-10-13(11-18)15-7-3-4-8-16(15)19-17/h3-10H,2,11-12H2,1H3. The van der Waals surface area contributed by atoms with Crippen molar-refractivity contribution in [2.75, 3.05) is 11.4 Å².